The van der Waals surface area contributed by atoms with Gasteiger partial charge in [-0.25, -0.2) is 0 Å². The van der Waals surface area contributed by atoms with Crippen molar-refractivity contribution in [3.63, 3.8) is 0 Å². The molecule has 0 heterocycles. The highest BCUT2D eigenvalue weighted by atomic mass is 35.5. The first-order valence-electron chi connectivity index (χ1n) is 8.05. The Kier molecular flexibility index (Phi) is 5.93. The van der Waals surface area contributed by atoms with Crippen LogP contribution in [0.5, 0.6) is 11.5 Å². The van der Waals surface area contributed by atoms with Gasteiger partial charge in [-0.1, -0.05) is 32.4 Å². The average Bonchev–Trinajstić information content (AvgIpc) is 2.61. The van der Waals surface area contributed by atoms with Crippen molar-refractivity contribution < 1.29 is 19.1 Å². The fourth-order valence-electron chi connectivity index (χ4n) is 2.25. The van der Waals surface area contributed by atoms with Crippen LogP contribution in [0.15, 0.2) is 36.4 Å². The number of ketones is 1. The van der Waals surface area contributed by atoms with E-state index in [1.165, 1.54) is 20.3 Å². The summed E-state index contributed by atoms with van der Waals surface area (Å²) in [6, 6.07) is 9.71. The fraction of sp³-hybridized carbons (Fsp3) is 0.300. The van der Waals surface area contributed by atoms with Crippen molar-refractivity contribution in [2.24, 2.45) is 5.41 Å². The summed E-state index contributed by atoms with van der Waals surface area (Å²) in [6.45, 7) is 5.39. The molecule has 0 bridgehead atoms. The van der Waals surface area contributed by atoms with Gasteiger partial charge in [0.25, 0.3) is 0 Å². The van der Waals surface area contributed by atoms with Crippen LogP contribution in [-0.2, 0) is 4.79 Å². The van der Waals surface area contributed by atoms with E-state index < -0.39 is 5.41 Å². The third-order valence-corrected chi connectivity index (χ3v) is 4.04. The maximum absolute atomic E-state index is 13.1. The van der Waals surface area contributed by atoms with Crippen molar-refractivity contribution in [2.45, 2.75) is 20.8 Å². The van der Waals surface area contributed by atoms with E-state index in [4.69, 9.17) is 21.1 Å². The molecule has 1 amide bonds. The highest BCUT2D eigenvalue weighted by Gasteiger charge is 2.24. The first kappa shape index (κ1) is 19.8. The molecule has 0 aromatic heterocycles. The number of halogens is 1. The number of hydrogen-bond acceptors (Lipinski definition) is 4. The Hall–Kier alpha value is -2.53. The highest BCUT2D eigenvalue weighted by Crippen LogP contribution is 2.31. The molecule has 0 aliphatic carbocycles. The number of rotatable bonds is 5. The number of carbonyl (C=O) groups is 2. The van der Waals surface area contributed by atoms with Crippen molar-refractivity contribution in [3.05, 3.63) is 52.5 Å². The lowest BCUT2D eigenvalue weighted by atomic mass is 9.94. The first-order valence-corrected chi connectivity index (χ1v) is 8.43. The number of methoxy groups -OCH3 is 2. The predicted molar refractivity (Wildman–Crippen MR) is 103 cm³/mol. The van der Waals surface area contributed by atoms with E-state index in [2.05, 4.69) is 5.32 Å². The second kappa shape index (κ2) is 7.79. The zero-order chi connectivity index (χ0) is 19.5. The van der Waals surface area contributed by atoms with Crippen LogP contribution >= 0.6 is 11.6 Å². The molecule has 0 saturated carbocycles. The van der Waals surface area contributed by atoms with Crippen molar-refractivity contribution in [1.82, 2.24) is 0 Å². The van der Waals surface area contributed by atoms with Crippen molar-refractivity contribution in [3.8, 4) is 11.5 Å². The number of carbonyl (C=O) groups excluding carboxylic acids is 2. The van der Waals surface area contributed by atoms with E-state index in [1.807, 2.05) is 0 Å². The number of hydrogen-bond donors (Lipinski definition) is 1. The molecule has 1 N–H and O–H groups in total. The summed E-state index contributed by atoms with van der Waals surface area (Å²) in [5.74, 6) is 0.444. The van der Waals surface area contributed by atoms with Crippen LogP contribution in [0.25, 0.3) is 0 Å². The molecule has 0 radical (unpaired) electrons. The van der Waals surface area contributed by atoms with Gasteiger partial charge in [-0.05, 0) is 30.3 Å². The molecule has 138 valence electrons. The maximum atomic E-state index is 13.1. The Bertz CT molecular complexity index is 840. The van der Waals surface area contributed by atoms with Gasteiger partial charge in [-0.3, -0.25) is 9.59 Å². The Morgan fingerprint density at radius 1 is 0.962 bits per heavy atom. The Morgan fingerprint density at radius 3 is 2.23 bits per heavy atom. The molecule has 2 rings (SSSR count). The number of nitrogens with one attached hydrogen (secondary N) is 1. The van der Waals surface area contributed by atoms with Gasteiger partial charge < -0.3 is 14.8 Å². The molecule has 0 spiro atoms. The lowest BCUT2D eigenvalue weighted by molar-refractivity contribution is -0.123. The van der Waals surface area contributed by atoms with E-state index in [-0.39, 0.29) is 11.7 Å². The molecule has 2 aromatic carbocycles. The lowest BCUT2D eigenvalue weighted by Gasteiger charge is -2.19. The van der Waals surface area contributed by atoms with Gasteiger partial charge in [-0.2, -0.15) is 0 Å². The van der Waals surface area contributed by atoms with Crippen molar-refractivity contribution in [1.29, 1.82) is 0 Å². The molecule has 0 fully saturated rings. The van der Waals surface area contributed by atoms with Crippen LogP contribution in [-0.4, -0.2) is 25.9 Å². The third kappa shape index (κ3) is 4.35. The van der Waals surface area contributed by atoms with Crippen LogP contribution < -0.4 is 14.8 Å². The van der Waals surface area contributed by atoms with Crippen LogP contribution in [0.3, 0.4) is 0 Å². The molecular weight excluding hydrogens is 354 g/mol. The second-order valence-electron chi connectivity index (χ2n) is 6.79. The van der Waals surface area contributed by atoms with Crippen molar-refractivity contribution >= 4 is 29.0 Å². The quantitative estimate of drug-likeness (QED) is 0.777. The molecule has 26 heavy (non-hydrogen) atoms. The topological polar surface area (TPSA) is 64.6 Å². The summed E-state index contributed by atoms with van der Waals surface area (Å²) < 4.78 is 10.5. The summed E-state index contributed by atoms with van der Waals surface area (Å²) in [4.78, 5) is 25.4. The van der Waals surface area contributed by atoms with Gasteiger partial charge in [0.2, 0.25) is 5.91 Å². The molecule has 0 atom stereocenters. The molecule has 5 nitrogen and oxygen atoms in total. The minimum Gasteiger partial charge on any atom is -0.497 e. The molecule has 0 saturated heterocycles. The van der Waals surface area contributed by atoms with Gasteiger partial charge in [0.15, 0.2) is 5.78 Å². The summed E-state index contributed by atoms with van der Waals surface area (Å²) in [5, 5.41) is 3.20. The van der Waals surface area contributed by atoms with Crippen LogP contribution in [0, 0.1) is 5.41 Å². The Balaban J connectivity index is 2.49. The van der Waals surface area contributed by atoms with E-state index in [0.29, 0.717) is 33.3 Å². The largest absolute Gasteiger partial charge is 0.497 e. The Labute approximate surface area is 158 Å². The Morgan fingerprint density at radius 2 is 1.65 bits per heavy atom. The average molecular weight is 376 g/mol. The van der Waals surface area contributed by atoms with Gasteiger partial charge in [0.1, 0.15) is 11.5 Å². The van der Waals surface area contributed by atoms with E-state index in [9.17, 15) is 9.59 Å². The SMILES string of the molecule is COc1ccc(C(=O)c2cc(Cl)ccc2NC(=O)C(C)(C)C)c(OC)c1. The van der Waals surface area contributed by atoms with Gasteiger partial charge in [-0.15, -0.1) is 0 Å². The second-order valence-corrected chi connectivity index (χ2v) is 7.23. The number of ether oxygens (including phenoxy) is 2. The van der Waals surface area contributed by atoms with E-state index >= 15 is 0 Å². The molecule has 2 aromatic rings. The summed E-state index contributed by atoms with van der Waals surface area (Å²) in [5.41, 5.74) is 0.440. The summed E-state index contributed by atoms with van der Waals surface area (Å²) >= 11 is 6.08. The minimum absolute atomic E-state index is 0.199. The molecule has 6 heteroatoms. The summed E-state index contributed by atoms with van der Waals surface area (Å²) in [6.07, 6.45) is 0. The van der Waals surface area contributed by atoms with Crippen molar-refractivity contribution in [2.75, 3.05) is 19.5 Å². The maximum Gasteiger partial charge on any atom is 0.229 e. The highest BCUT2D eigenvalue weighted by molar-refractivity contribution is 6.31. The normalized spacial score (nSPS) is 11.0. The summed E-state index contributed by atoms with van der Waals surface area (Å²) in [7, 11) is 3.01. The van der Waals surface area contributed by atoms with E-state index in [1.54, 1.807) is 51.1 Å². The zero-order valence-electron chi connectivity index (χ0n) is 15.5. The fourth-order valence-corrected chi connectivity index (χ4v) is 2.43. The molecule has 0 aliphatic heterocycles. The first-order chi connectivity index (χ1) is 12.2. The number of anilines is 1. The minimum atomic E-state index is -0.599. The molecule has 0 unspecified atom stereocenters. The van der Waals surface area contributed by atoms with Gasteiger partial charge in [0.05, 0.1) is 25.5 Å². The van der Waals surface area contributed by atoms with Crippen LogP contribution in [0.1, 0.15) is 36.7 Å². The monoisotopic (exact) mass is 375 g/mol. The third-order valence-electron chi connectivity index (χ3n) is 3.81. The van der Waals surface area contributed by atoms with Gasteiger partial charge >= 0.3 is 0 Å². The standard InChI is InChI=1S/C20H22ClNO4/c1-20(2,3)19(24)22-16-9-6-12(21)10-15(16)18(23)14-8-7-13(25-4)11-17(14)26-5/h6-11H,1-5H3,(H,22,24). The lowest BCUT2D eigenvalue weighted by Crippen LogP contribution is -2.28. The number of benzene rings is 2. The van der Waals surface area contributed by atoms with Gasteiger partial charge in [0, 0.05) is 22.1 Å². The number of amides is 1. The smallest absolute Gasteiger partial charge is 0.229 e. The van der Waals surface area contributed by atoms with Crippen LogP contribution in [0.4, 0.5) is 5.69 Å². The predicted octanol–water partition coefficient (Wildman–Crippen LogP) is 4.57. The molecular formula is C20H22ClNO4. The van der Waals surface area contributed by atoms with Crippen LogP contribution in [0.2, 0.25) is 5.02 Å². The zero-order valence-corrected chi connectivity index (χ0v) is 16.2. The molecule has 0 aliphatic rings. The van der Waals surface area contributed by atoms with E-state index in [0.717, 1.165) is 0 Å².